The van der Waals surface area contributed by atoms with E-state index < -0.39 is 16.2 Å². The molecule has 0 bridgehead atoms. The van der Waals surface area contributed by atoms with E-state index in [1.165, 1.54) is 53.2 Å². The number of rotatable bonds is 11. The molecule has 3 rings (SSSR count). The van der Waals surface area contributed by atoms with E-state index in [4.69, 9.17) is 0 Å². The highest BCUT2D eigenvalue weighted by Crippen LogP contribution is 2.51. The molecule has 1 saturated heterocycles. The number of hydrogen-bond donors (Lipinski definition) is 0. The van der Waals surface area contributed by atoms with Gasteiger partial charge in [0, 0.05) is 18.8 Å². The van der Waals surface area contributed by atoms with Crippen LogP contribution in [0.2, 0.25) is 0 Å². The fourth-order valence-corrected chi connectivity index (χ4v) is 9.67. The molecule has 2 unspecified atom stereocenters. The second-order valence-corrected chi connectivity index (χ2v) is 17.1. The number of alkyl halides is 1. The van der Waals surface area contributed by atoms with Gasteiger partial charge in [0.15, 0.2) is 0 Å². The van der Waals surface area contributed by atoms with Crippen LogP contribution in [0.4, 0.5) is 4.39 Å². The predicted octanol–water partition coefficient (Wildman–Crippen LogP) is 10.1. The van der Waals surface area contributed by atoms with Gasteiger partial charge in [0.05, 0.1) is 0 Å². The van der Waals surface area contributed by atoms with Crippen molar-refractivity contribution in [1.82, 2.24) is 4.90 Å². The summed E-state index contributed by atoms with van der Waals surface area (Å²) in [6, 6.07) is 0. The summed E-state index contributed by atoms with van der Waals surface area (Å²) >= 11 is 0. The number of halogens is 1. The van der Waals surface area contributed by atoms with Crippen molar-refractivity contribution in [2.75, 3.05) is 31.4 Å². The average Bonchev–Trinajstić information content (AvgIpc) is 3.21. The first kappa shape index (κ1) is 31.1. The van der Waals surface area contributed by atoms with Gasteiger partial charge in [-0.2, -0.15) is 0 Å². The van der Waals surface area contributed by atoms with Crippen LogP contribution in [0.5, 0.6) is 0 Å². The molecule has 2 aliphatic carbocycles. The molecule has 3 heteroatoms. The summed E-state index contributed by atoms with van der Waals surface area (Å²) in [5.41, 5.74) is 5.46. The average molecular weight is 542 g/mol. The van der Waals surface area contributed by atoms with Crippen LogP contribution in [0, 0.1) is 23.7 Å². The summed E-state index contributed by atoms with van der Waals surface area (Å²) in [6.07, 6.45) is 26.1. The molecule has 0 amide bonds. The predicted molar refractivity (Wildman–Crippen MR) is 171 cm³/mol. The molecule has 0 radical (unpaired) electrons. The maximum atomic E-state index is 14.2. The molecule has 214 valence electrons. The lowest BCUT2D eigenvalue weighted by Gasteiger charge is -2.37. The molecule has 0 spiro atoms. The Hall–Kier alpha value is -1.48. The Kier molecular flexibility index (Phi) is 11.6. The van der Waals surface area contributed by atoms with Crippen molar-refractivity contribution in [3.8, 4) is 0 Å². The Labute approximate surface area is 236 Å². The molecule has 3 aliphatic rings. The summed E-state index contributed by atoms with van der Waals surface area (Å²) in [5, 5.41) is 0. The molecule has 1 fully saturated rings. The smallest absolute Gasteiger partial charge is 0.119 e. The van der Waals surface area contributed by atoms with E-state index in [2.05, 4.69) is 89.0 Å². The van der Waals surface area contributed by atoms with E-state index in [0.29, 0.717) is 18.3 Å². The summed E-state index contributed by atoms with van der Waals surface area (Å²) in [4.78, 5) is 4.06. The number of allylic oxidation sites excluding steroid dienone is 8. The van der Waals surface area contributed by atoms with Crippen LogP contribution >= 0.6 is 10.0 Å². The lowest BCUT2D eigenvalue weighted by molar-refractivity contribution is 0.203. The first-order valence-corrected chi connectivity index (χ1v) is 17.9. The summed E-state index contributed by atoms with van der Waals surface area (Å²) in [6.45, 7) is 18.3. The second kappa shape index (κ2) is 14.2. The van der Waals surface area contributed by atoms with Gasteiger partial charge < -0.3 is 4.90 Å². The standard InChI is InChI=1S/C35H56FNS/c1-9-30-13-15-33(36)16-18-35(30)32(23-26(2)3)24-29-19-21-37(22-20-29)28(6)31-11-10-12-34(17-14-31)38(7,8)25-27(4)5/h11-15,17,26-27,29,32-33H,6,9-10,16,18-25H2,1-5,7-8H3. The molecular weight excluding hydrogens is 485 g/mol. The van der Waals surface area contributed by atoms with Crippen molar-refractivity contribution in [1.29, 1.82) is 0 Å². The van der Waals surface area contributed by atoms with E-state index in [0.717, 1.165) is 44.2 Å². The normalized spacial score (nSPS) is 22.9. The quantitative estimate of drug-likeness (QED) is 0.251. The van der Waals surface area contributed by atoms with Crippen molar-refractivity contribution in [3.05, 3.63) is 70.4 Å². The van der Waals surface area contributed by atoms with Gasteiger partial charge >= 0.3 is 0 Å². The van der Waals surface area contributed by atoms with Crippen LogP contribution in [0.1, 0.15) is 86.0 Å². The van der Waals surface area contributed by atoms with E-state index in [1.807, 2.05) is 0 Å². The SMILES string of the molecule is C=C(C1=CCC=C(S(C)(C)CC(C)C)C=C1)N1CCC(CC(CC(C)C)C2=C(CC)C=CC(F)CC2)CC1. The molecule has 1 heterocycles. The van der Waals surface area contributed by atoms with Gasteiger partial charge in [0.1, 0.15) is 6.17 Å². The summed E-state index contributed by atoms with van der Waals surface area (Å²) in [7, 11) is -0.759. The van der Waals surface area contributed by atoms with Gasteiger partial charge in [-0.3, -0.25) is 0 Å². The highest BCUT2D eigenvalue weighted by Gasteiger charge is 2.28. The number of piperidine rings is 1. The fraction of sp³-hybridized carbons (Fsp3) is 0.657. The molecule has 0 saturated carbocycles. The molecule has 1 nitrogen and oxygen atoms in total. The van der Waals surface area contributed by atoms with Gasteiger partial charge in [0.2, 0.25) is 0 Å². The highest BCUT2D eigenvalue weighted by molar-refractivity contribution is 8.35. The van der Waals surface area contributed by atoms with Crippen molar-refractivity contribution in [3.63, 3.8) is 0 Å². The van der Waals surface area contributed by atoms with Crippen LogP contribution < -0.4 is 0 Å². The Bertz CT molecular complexity index is 952. The Morgan fingerprint density at radius 1 is 1.03 bits per heavy atom. The molecule has 0 N–H and O–H groups in total. The number of likely N-dealkylation sites (tertiary alicyclic amines) is 1. The largest absolute Gasteiger partial charge is 0.372 e. The van der Waals surface area contributed by atoms with Crippen molar-refractivity contribution >= 4 is 10.0 Å². The monoisotopic (exact) mass is 541 g/mol. The maximum absolute atomic E-state index is 14.2. The van der Waals surface area contributed by atoms with Gasteiger partial charge in [-0.15, -0.1) is 0 Å². The summed E-state index contributed by atoms with van der Waals surface area (Å²) < 4.78 is 14.2. The minimum absolute atomic E-state index is 0.591. The molecule has 0 aromatic carbocycles. The van der Waals surface area contributed by atoms with Crippen LogP contribution in [-0.2, 0) is 0 Å². The minimum atomic E-state index is -0.788. The lowest BCUT2D eigenvalue weighted by Crippen LogP contribution is -2.34. The van der Waals surface area contributed by atoms with Gasteiger partial charge in [-0.25, -0.2) is 14.4 Å². The van der Waals surface area contributed by atoms with Crippen LogP contribution in [0.15, 0.2) is 70.4 Å². The topological polar surface area (TPSA) is 3.24 Å². The Morgan fingerprint density at radius 2 is 1.74 bits per heavy atom. The minimum Gasteiger partial charge on any atom is -0.372 e. The zero-order chi connectivity index (χ0) is 27.9. The summed E-state index contributed by atoms with van der Waals surface area (Å²) in [5.74, 6) is 4.01. The number of hydrogen-bond acceptors (Lipinski definition) is 1. The third-order valence-electron chi connectivity index (χ3n) is 8.66. The van der Waals surface area contributed by atoms with E-state index >= 15 is 0 Å². The first-order valence-electron chi connectivity index (χ1n) is 15.3. The lowest BCUT2D eigenvalue weighted by atomic mass is 9.77. The number of nitrogens with zero attached hydrogens (tertiary/aromatic N) is 1. The zero-order valence-electron chi connectivity index (χ0n) is 25.6. The highest BCUT2D eigenvalue weighted by atomic mass is 32.3. The fourth-order valence-electron chi connectivity index (χ4n) is 6.83. The third kappa shape index (κ3) is 8.77. The third-order valence-corrected chi connectivity index (χ3v) is 11.7. The van der Waals surface area contributed by atoms with Gasteiger partial charge in [-0.05, 0) is 115 Å². The van der Waals surface area contributed by atoms with E-state index in [1.54, 1.807) is 11.6 Å². The molecule has 1 aliphatic heterocycles. The molecule has 38 heavy (non-hydrogen) atoms. The van der Waals surface area contributed by atoms with Crippen LogP contribution in [0.3, 0.4) is 0 Å². The molecule has 2 atom stereocenters. The van der Waals surface area contributed by atoms with Crippen molar-refractivity contribution in [2.24, 2.45) is 23.7 Å². The van der Waals surface area contributed by atoms with Crippen LogP contribution in [0.25, 0.3) is 0 Å². The molecular formula is C35H56FNS. The first-order chi connectivity index (χ1) is 18.0. The van der Waals surface area contributed by atoms with Crippen LogP contribution in [-0.4, -0.2) is 42.4 Å². The molecule has 0 aromatic heterocycles. The second-order valence-electron chi connectivity index (χ2n) is 13.2. The maximum Gasteiger partial charge on any atom is 0.119 e. The Balaban J connectivity index is 1.61. The Morgan fingerprint density at radius 3 is 2.37 bits per heavy atom. The van der Waals surface area contributed by atoms with E-state index in [-0.39, 0.29) is 0 Å². The van der Waals surface area contributed by atoms with Crippen molar-refractivity contribution < 1.29 is 4.39 Å². The molecule has 0 aromatic rings. The zero-order valence-corrected chi connectivity index (χ0v) is 26.4. The van der Waals surface area contributed by atoms with Crippen molar-refractivity contribution in [2.45, 2.75) is 92.2 Å². The van der Waals surface area contributed by atoms with Gasteiger partial charge in [-0.1, -0.05) is 77.2 Å². The van der Waals surface area contributed by atoms with Gasteiger partial charge in [0.25, 0.3) is 0 Å². The van der Waals surface area contributed by atoms with E-state index in [9.17, 15) is 4.39 Å².